The summed E-state index contributed by atoms with van der Waals surface area (Å²) in [5.41, 5.74) is 6.06. The van der Waals surface area contributed by atoms with Crippen LogP contribution in [0.1, 0.15) is 0 Å². The Morgan fingerprint density at radius 3 is 2.78 bits per heavy atom. The van der Waals surface area contributed by atoms with Gasteiger partial charge in [0, 0.05) is 31.7 Å². The molecule has 0 amide bonds. The van der Waals surface area contributed by atoms with E-state index in [1.165, 1.54) is 11.4 Å². The largest absolute Gasteiger partial charge is 0.329 e. The number of aromatic nitrogens is 1. The summed E-state index contributed by atoms with van der Waals surface area (Å²) in [5, 5.41) is 0.629. The highest BCUT2D eigenvalue weighted by atomic mass is 32.2. The average molecular weight is 265 g/mol. The molecule has 0 saturated heterocycles. The van der Waals surface area contributed by atoms with Crippen molar-refractivity contribution >= 4 is 20.9 Å². The number of pyridine rings is 1. The van der Waals surface area contributed by atoms with Crippen molar-refractivity contribution < 1.29 is 8.42 Å². The Labute approximate surface area is 106 Å². The molecular formula is C12H15N3O2S. The van der Waals surface area contributed by atoms with Gasteiger partial charge in [-0.15, -0.1) is 0 Å². The lowest BCUT2D eigenvalue weighted by molar-refractivity contribution is 0.477. The molecule has 0 unspecified atom stereocenters. The highest BCUT2D eigenvalue weighted by Crippen LogP contribution is 2.23. The molecule has 96 valence electrons. The fourth-order valence-corrected chi connectivity index (χ4v) is 3.15. The molecule has 0 bridgehead atoms. The smallest absolute Gasteiger partial charge is 0.243 e. The van der Waals surface area contributed by atoms with E-state index in [2.05, 4.69) is 4.98 Å². The minimum absolute atomic E-state index is 0.268. The maximum Gasteiger partial charge on any atom is 0.243 e. The van der Waals surface area contributed by atoms with Crippen molar-refractivity contribution in [2.45, 2.75) is 4.90 Å². The second-order valence-corrected chi connectivity index (χ2v) is 5.95. The molecule has 0 aliphatic carbocycles. The summed E-state index contributed by atoms with van der Waals surface area (Å²) in [5.74, 6) is 0. The molecular weight excluding hydrogens is 250 g/mol. The number of nitrogens with zero attached hydrogens (tertiary/aromatic N) is 2. The maximum absolute atomic E-state index is 12.4. The van der Waals surface area contributed by atoms with E-state index < -0.39 is 10.0 Å². The number of nitrogens with two attached hydrogens (primary N) is 1. The number of hydrogen-bond acceptors (Lipinski definition) is 4. The van der Waals surface area contributed by atoms with Gasteiger partial charge in [0.1, 0.15) is 0 Å². The van der Waals surface area contributed by atoms with Gasteiger partial charge in [0.2, 0.25) is 10.0 Å². The standard InChI is InChI=1S/C12H15N3O2S/c1-15(9-7-13)18(16,17)12-6-2-5-11-10(12)4-3-8-14-11/h2-6,8H,7,9,13H2,1H3. The predicted octanol–water partition coefficient (Wildman–Crippen LogP) is 0.814. The van der Waals surface area contributed by atoms with E-state index in [0.29, 0.717) is 24.0 Å². The van der Waals surface area contributed by atoms with Crippen LogP contribution in [0.2, 0.25) is 0 Å². The molecule has 0 saturated carbocycles. The molecule has 6 heteroatoms. The average Bonchev–Trinajstić information content (AvgIpc) is 2.38. The van der Waals surface area contributed by atoms with Crippen LogP contribution in [0.5, 0.6) is 0 Å². The van der Waals surface area contributed by atoms with Gasteiger partial charge < -0.3 is 5.73 Å². The highest BCUT2D eigenvalue weighted by molar-refractivity contribution is 7.89. The van der Waals surface area contributed by atoms with Gasteiger partial charge in [-0.3, -0.25) is 4.98 Å². The van der Waals surface area contributed by atoms with Crippen molar-refractivity contribution in [3.05, 3.63) is 36.5 Å². The molecule has 1 heterocycles. The Kier molecular flexibility index (Phi) is 3.60. The van der Waals surface area contributed by atoms with Crippen molar-refractivity contribution in [3.63, 3.8) is 0 Å². The summed E-state index contributed by atoms with van der Waals surface area (Å²) in [6.07, 6.45) is 1.64. The third kappa shape index (κ3) is 2.22. The fraction of sp³-hybridized carbons (Fsp3) is 0.250. The zero-order valence-corrected chi connectivity index (χ0v) is 10.9. The van der Waals surface area contributed by atoms with Gasteiger partial charge >= 0.3 is 0 Å². The normalized spacial score (nSPS) is 12.2. The van der Waals surface area contributed by atoms with Gasteiger partial charge in [0.05, 0.1) is 10.4 Å². The summed E-state index contributed by atoms with van der Waals surface area (Å²) in [7, 11) is -1.99. The van der Waals surface area contributed by atoms with Crippen molar-refractivity contribution in [3.8, 4) is 0 Å². The lowest BCUT2D eigenvalue weighted by Crippen LogP contribution is -2.31. The van der Waals surface area contributed by atoms with E-state index in [1.54, 1.807) is 36.5 Å². The first-order valence-corrected chi connectivity index (χ1v) is 7.01. The van der Waals surface area contributed by atoms with Gasteiger partial charge in [-0.05, 0) is 24.3 Å². The van der Waals surface area contributed by atoms with Crippen molar-refractivity contribution in [1.82, 2.24) is 9.29 Å². The number of sulfonamides is 1. The first-order chi connectivity index (χ1) is 8.57. The van der Waals surface area contributed by atoms with Crippen LogP contribution < -0.4 is 5.73 Å². The summed E-state index contributed by atoms with van der Waals surface area (Å²) < 4.78 is 26.0. The number of likely N-dealkylation sites (N-methyl/N-ethyl adjacent to an activating group) is 1. The van der Waals surface area contributed by atoms with Crippen LogP contribution in [-0.2, 0) is 10.0 Å². The van der Waals surface area contributed by atoms with Crippen LogP contribution in [-0.4, -0.2) is 37.8 Å². The molecule has 2 rings (SSSR count). The van der Waals surface area contributed by atoms with Crippen molar-refractivity contribution in [1.29, 1.82) is 0 Å². The molecule has 0 aliphatic heterocycles. The van der Waals surface area contributed by atoms with Crippen LogP contribution in [0.3, 0.4) is 0 Å². The molecule has 0 radical (unpaired) electrons. The Morgan fingerprint density at radius 1 is 1.28 bits per heavy atom. The molecule has 2 aromatic rings. The van der Waals surface area contributed by atoms with E-state index in [0.717, 1.165) is 0 Å². The SMILES string of the molecule is CN(CCN)S(=O)(=O)c1cccc2ncccc12. The van der Waals surface area contributed by atoms with Crippen LogP contribution in [0.4, 0.5) is 0 Å². The Hall–Kier alpha value is -1.50. The summed E-state index contributed by atoms with van der Waals surface area (Å²) in [6.45, 7) is 0.581. The number of rotatable bonds is 4. The molecule has 0 aliphatic rings. The Balaban J connectivity index is 2.61. The summed E-state index contributed by atoms with van der Waals surface area (Å²) in [6, 6.07) is 8.55. The van der Waals surface area contributed by atoms with Crippen LogP contribution in [0, 0.1) is 0 Å². The molecule has 1 aromatic carbocycles. The van der Waals surface area contributed by atoms with E-state index in [9.17, 15) is 8.42 Å². The van der Waals surface area contributed by atoms with Crippen molar-refractivity contribution in [2.24, 2.45) is 5.73 Å². The first kappa shape index (κ1) is 12.9. The third-order valence-corrected chi connectivity index (χ3v) is 4.65. The maximum atomic E-state index is 12.4. The predicted molar refractivity (Wildman–Crippen MR) is 70.6 cm³/mol. The zero-order valence-electron chi connectivity index (χ0n) is 10.1. The van der Waals surface area contributed by atoms with Gasteiger partial charge in [-0.1, -0.05) is 6.07 Å². The number of benzene rings is 1. The highest BCUT2D eigenvalue weighted by Gasteiger charge is 2.22. The molecule has 18 heavy (non-hydrogen) atoms. The molecule has 5 nitrogen and oxygen atoms in total. The van der Waals surface area contributed by atoms with Gasteiger partial charge in [-0.25, -0.2) is 8.42 Å². The minimum Gasteiger partial charge on any atom is -0.329 e. The second kappa shape index (κ2) is 5.01. The first-order valence-electron chi connectivity index (χ1n) is 5.57. The van der Waals surface area contributed by atoms with Crippen LogP contribution in [0.15, 0.2) is 41.4 Å². The summed E-state index contributed by atoms with van der Waals surface area (Å²) in [4.78, 5) is 4.42. The number of fused-ring (bicyclic) bond motifs is 1. The fourth-order valence-electron chi connectivity index (χ4n) is 1.77. The molecule has 1 aromatic heterocycles. The quantitative estimate of drug-likeness (QED) is 0.887. The van der Waals surface area contributed by atoms with Crippen LogP contribution >= 0.6 is 0 Å². The van der Waals surface area contributed by atoms with Gasteiger partial charge in [-0.2, -0.15) is 4.31 Å². The minimum atomic E-state index is -3.51. The molecule has 0 atom stereocenters. The Morgan fingerprint density at radius 2 is 2.06 bits per heavy atom. The van der Waals surface area contributed by atoms with Gasteiger partial charge in [0.15, 0.2) is 0 Å². The Bertz CT molecular complexity index is 650. The lowest BCUT2D eigenvalue weighted by atomic mass is 10.2. The molecule has 0 fully saturated rings. The third-order valence-electron chi connectivity index (χ3n) is 2.74. The van der Waals surface area contributed by atoms with E-state index >= 15 is 0 Å². The lowest BCUT2D eigenvalue weighted by Gasteiger charge is -2.17. The van der Waals surface area contributed by atoms with E-state index in [1.807, 2.05) is 0 Å². The summed E-state index contributed by atoms with van der Waals surface area (Å²) >= 11 is 0. The van der Waals surface area contributed by atoms with E-state index in [4.69, 9.17) is 5.73 Å². The zero-order chi connectivity index (χ0) is 13.2. The monoisotopic (exact) mass is 265 g/mol. The molecule has 2 N–H and O–H groups in total. The van der Waals surface area contributed by atoms with Crippen LogP contribution in [0.25, 0.3) is 10.9 Å². The number of hydrogen-bond donors (Lipinski definition) is 1. The second-order valence-electron chi connectivity index (χ2n) is 3.94. The van der Waals surface area contributed by atoms with Crippen molar-refractivity contribution in [2.75, 3.05) is 20.1 Å². The topological polar surface area (TPSA) is 76.3 Å². The molecule has 0 spiro atoms. The van der Waals surface area contributed by atoms with Gasteiger partial charge in [0.25, 0.3) is 0 Å². The van der Waals surface area contributed by atoms with E-state index in [-0.39, 0.29) is 4.90 Å².